The van der Waals surface area contributed by atoms with Gasteiger partial charge in [-0.15, -0.1) is 23.5 Å². The Morgan fingerprint density at radius 3 is 2.00 bits per heavy atom. The number of ether oxygens (including phenoxy) is 1. The van der Waals surface area contributed by atoms with E-state index in [2.05, 4.69) is 51.2 Å². The van der Waals surface area contributed by atoms with Gasteiger partial charge in [0.15, 0.2) is 0 Å². The highest BCUT2D eigenvalue weighted by molar-refractivity contribution is 8.21. The lowest BCUT2D eigenvalue weighted by atomic mass is 9.93. The Morgan fingerprint density at radius 1 is 1.05 bits per heavy atom. The van der Waals surface area contributed by atoms with E-state index in [1.54, 1.807) is 0 Å². The molecule has 2 fully saturated rings. The summed E-state index contributed by atoms with van der Waals surface area (Å²) in [5.41, 5.74) is 1.13. The van der Waals surface area contributed by atoms with Crippen LogP contribution in [0, 0.1) is 11.8 Å². The van der Waals surface area contributed by atoms with Crippen LogP contribution in [0.1, 0.15) is 53.4 Å². The quantitative estimate of drug-likeness (QED) is 0.722. The number of aliphatic hydroxyl groups excluding tert-OH is 1. The minimum atomic E-state index is 0.105. The first-order chi connectivity index (χ1) is 9.43. The van der Waals surface area contributed by atoms with Crippen LogP contribution in [-0.2, 0) is 4.74 Å². The second-order valence-corrected chi connectivity index (χ2v) is 9.80. The summed E-state index contributed by atoms with van der Waals surface area (Å²) in [4.78, 5) is 0. The smallest absolute Gasteiger partial charge is 0.276 e. The third kappa shape index (κ3) is 3.82. The van der Waals surface area contributed by atoms with Crippen molar-refractivity contribution in [2.75, 3.05) is 11.5 Å². The van der Waals surface area contributed by atoms with E-state index in [1.165, 1.54) is 24.3 Å². The first kappa shape index (κ1) is 16.4. The van der Waals surface area contributed by atoms with Crippen molar-refractivity contribution in [2.45, 2.75) is 63.6 Å². The summed E-state index contributed by atoms with van der Waals surface area (Å²) in [6, 6.07) is 0. The second kappa shape index (κ2) is 6.87. The fourth-order valence-electron chi connectivity index (χ4n) is 3.19. The molecule has 0 aromatic heterocycles. The van der Waals surface area contributed by atoms with Crippen molar-refractivity contribution in [1.29, 1.82) is 0 Å². The van der Waals surface area contributed by atoms with Crippen LogP contribution in [0.4, 0.5) is 0 Å². The van der Waals surface area contributed by atoms with Crippen LogP contribution in [0.15, 0.2) is 11.5 Å². The fourth-order valence-corrected chi connectivity index (χ4v) is 6.42. The molecule has 0 unspecified atom stereocenters. The van der Waals surface area contributed by atoms with Gasteiger partial charge in [-0.25, -0.2) is 0 Å². The molecule has 0 aromatic carbocycles. The number of rotatable bonds is 4. The van der Waals surface area contributed by atoms with E-state index in [1.807, 2.05) is 0 Å². The Hall–Kier alpha value is 0.0400. The van der Waals surface area contributed by atoms with Crippen molar-refractivity contribution in [3.63, 3.8) is 0 Å². The highest BCUT2D eigenvalue weighted by atomic mass is 32.2. The van der Waals surface area contributed by atoms with Gasteiger partial charge in [0.1, 0.15) is 6.10 Å². The van der Waals surface area contributed by atoms with Gasteiger partial charge in [-0.2, -0.15) is 0 Å². The van der Waals surface area contributed by atoms with Crippen molar-refractivity contribution < 1.29 is 9.84 Å². The molecule has 0 atom stereocenters. The highest BCUT2D eigenvalue weighted by Crippen LogP contribution is 2.54. The molecule has 0 amide bonds. The Labute approximate surface area is 132 Å². The van der Waals surface area contributed by atoms with Gasteiger partial charge in [0.05, 0.1) is 4.08 Å². The zero-order chi connectivity index (χ0) is 14.8. The van der Waals surface area contributed by atoms with E-state index >= 15 is 0 Å². The molecule has 0 bridgehead atoms. The Balaban J connectivity index is 1.96. The Kier molecular flexibility index (Phi) is 5.63. The SMILES string of the molecule is CC(C)C(OC(O)=C1CCC2(CC1)SCCS2)C(C)C. The van der Waals surface area contributed by atoms with Gasteiger partial charge >= 0.3 is 0 Å². The molecule has 1 spiro atoms. The molecule has 2 nitrogen and oxygen atoms in total. The van der Waals surface area contributed by atoms with Gasteiger partial charge in [-0.05, 0) is 37.5 Å². The molecular weight excluding hydrogens is 288 g/mol. The lowest BCUT2D eigenvalue weighted by Crippen LogP contribution is -2.27. The van der Waals surface area contributed by atoms with Crippen molar-refractivity contribution in [3.05, 3.63) is 11.5 Å². The molecule has 1 saturated carbocycles. The third-order valence-electron chi connectivity index (χ3n) is 4.29. The third-order valence-corrected chi connectivity index (χ3v) is 7.94. The number of thioether (sulfide) groups is 2. The van der Waals surface area contributed by atoms with Crippen LogP contribution in [-0.4, -0.2) is 26.8 Å². The molecule has 2 rings (SSSR count). The maximum absolute atomic E-state index is 10.3. The second-order valence-electron chi connectivity index (χ2n) is 6.59. The van der Waals surface area contributed by atoms with Gasteiger partial charge in [-0.1, -0.05) is 27.7 Å². The van der Waals surface area contributed by atoms with E-state index in [0.29, 0.717) is 15.9 Å². The van der Waals surface area contributed by atoms with Crippen molar-refractivity contribution in [3.8, 4) is 0 Å². The predicted octanol–water partition coefficient (Wildman–Crippen LogP) is 5.20. The standard InChI is InChI=1S/C16H28O2S2/c1-11(2)14(12(3)4)18-15(17)13-5-7-16(8-6-13)19-9-10-20-16/h11-12,14,17H,5-10H2,1-4H3. The van der Waals surface area contributed by atoms with Crippen LogP contribution in [0.2, 0.25) is 0 Å². The summed E-state index contributed by atoms with van der Waals surface area (Å²) < 4.78 is 6.33. The van der Waals surface area contributed by atoms with Gasteiger partial charge in [-0.3, -0.25) is 0 Å². The number of hydrogen-bond acceptors (Lipinski definition) is 4. The number of aliphatic hydroxyl groups is 1. The summed E-state index contributed by atoms with van der Waals surface area (Å²) >= 11 is 4.24. The van der Waals surface area contributed by atoms with Crippen LogP contribution in [0.3, 0.4) is 0 Å². The van der Waals surface area contributed by atoms with Crippen LogP contribution < -0.4 is 0 Å². The van der Waals surface area contributed by atoms with Gasteiger partial charge in [0.25, 0.3) is 5.95 Å². The van der Waals surface area contributed by atoms with Crippen molar-refractivity contribution in [2.24, 2.45) is 11.8 Å². The monoisotopic (exact) mass is 316 g/mol. The maximum atomic E-state index is 10.3. The largest absolute Gasteiger partial charge is 0.481 e. The van der Waals surface area contributed by atoms with Crippen molar-refractivity contribution in [1.82, 2.24) is 0 Å². The summed E-state index contributed by atoms with van der Waals surface area (Å²) in [5, 5.41) is 10.3. The Bertz CT molecular complexity index is 337. The molecule has 1 heterocycles. The first-order valence-corrected chi connectivity index (χ1v) is 9.76. The normalized spacial score (nSPS) is 22.2. The minimum Gasteiger partial charge on any atom is -0.481 e. The average Bonchev–Trinajstić information content (AvgIpc) is 2.84. The van der Waals surface area contributed by atoms with E-state index in [4.69, 9.17) is 4.74 Å². The predicted molar refractivity (Wildman–Crippen MR) is 90.3 cm³/mol. The summed E-state index contributed by atoms with van der Waals surface area (Å²) in [6.45, 7) is 8.63. The summed E-state index contributed by atoms with van der Waals surface area (Å²) in [5.74, 6) is 3.65. The molecule has 4 heteroatoms. The van der Waals surface area contributed by atoms with Crippen molar-refractivity contribution >= 4 is 23.5 Å². The molecule has 1 aliphatic carbocycles. The molecule has 0 aromatic rings. The lowest BCUT2D eigenvalue weighted by Gasteiger charge is -2.33. The van der Waals surface area contributed by atoms with Gasteiger partial charge in [0, 0.05) is 17.1 Å². The zero-order valence-corrected chi connectivity index (χ0v) is 14.8. The van der Waals surface area contributed by atoms with Gasteiger partial charge < -0.3 is 9.84 Å². The highest BCUT2D eigenvalue weighted by Gasteiger charge is 2.38. The average molecular weight is 317 g/mol. The maximum Gasteiger partial charge on any atom is 0.276 e. The molecule has 0 radical (unpaired) electrons. The van der Waals surface area contributed by atoms with E-state index in [0.717, 1.165) is 18.4 Å². The molecule has 2 aliphatic rings. The summed E-state index contributed by atoms with van der Waals surface area (Å²) in [6.07, 6.45) is 4.45. The topological polar surface area (TPSA) is 29.5 Å². The lowest BCUT2D eigenvalue weighted by molar-refractivity contribution is -0.0220. The van der Waals surface area contributed by atoms with Crippen LogP contribution >= 0.6 is 23.5 Å². The Morgan fingerprint density at radius 2 is 1.55 bits per heavy atom. The first-order valence-electron chi connectivity index (χ1n) is 7.79. The minimum absolute atomic E-state index is 0.105. The van der Waals surface area contributed by atoms with Crippen LogP contribution in [0.5, 0.6) is 0 Å². The van der Waals surface area contributed by atoms with E-state index in [9.17, 15) is 5.11 Å². The molecule has 1 aliphatic heterocycles. The molecular formula is C16H28O2S2. The fraction of sp³-hybridized carbons (Fsp3) is 0.875. The number of allylic oxidation sites excluding steroid dienone is 1. The van der Waals surface area contributed by atoms with E-state index in [-0.39, 0.29) is 12.0 Å². The van der Waals surface area contributed by atoms with Gasteiger partial charge in [0.2, 0.25) is 0 Å². The molecule has 1 saturated heterocycles. The van der Waals surface area contributed by atoms with E-state index < -0.39 is 0 Å². The van der Waals surface area contributed by atoms with Crippen LogP contribution in [0.25, 0.3) is 0 Å². The molecule has 116 valence electrons. The zero-order valence-electron chi connectivity index (χ0n) is 13.1. The molecule has 1 N–H and O–H groups in total. The summed E-state index contributed by atoms with van der Waals surface area (Å²) in [7, 11) is 0. The number of hydrogen-bond donors (Lipinski definition) is 1. The molecule has 20 heavy (non-hydrogen) atoms.